The number of nitrogens with zero attached hydrogens (tertiary/aromatic N) is 2. The molecule has 1 rings (SSSR count). The van der Waals surface area contributed by atoms with Gasteiger partial charge in [0.2, 0.25) is 0 Å². The van der Waals surface area contributed by atoms with Gasteiger partial charge in [-0.3, -0.25) is 9.52 Å². The van der Waals surface area contributed by atoms with Gasteiger partial charge in [-0.15, -0.1) is 0 Å². The summed E-state index contributed by atoms with van der Waals surface area (Å²) in [6, 6.07) is 2.92. The number of aromatic nitrogens is 1. The Kier molecular flexibility index (Phi) is 4.27. The summed E-state index contributed by atoms with van der Waals surface area (Å²) in [6.07, 6.45) is 1.40. The minimum absolute atomic E-state index is 0.0141. The van der Waals surface area contributed by atoms with Crippen molar-refractivity contribution in [2.45, 2.75) is 0 Å². The van der Waals surface area contributed by atoms with Crippen LogP contribution in [0.3, 0.4) is 0 Å². The number of carbonyl (C=O) groups is 1. The molecule has 0 aliphatic heterocycles. The van der Waals surface area contributed by atoms with Crippen molar-refractivity contribution < 1.29 is 18.3 Å². The second-order valence-corrected chi connectivity index (χ2v) is 5.23. The summed E-state index contributed by atoms with van der Waals surface area (Å²) in [7, 11) is -2.81. The van der Waals surface area contributed by atoms with Crippen molar-refractivity contribution in [2.75, 3.05) is 18.3 Å². The molecule has 1 heterocycles. The van der Waals surface area contributed by atoms with Crippen molar-refractivity contribution in [1.82, 2.24) is 9.29 Å². The predicted molar refractivity (Wildman–Crippen MR) is 62.1 cm³/mol. The van der Waals surface area contributed by atoms with Crippen molar-refractivity contribution >= 4 is 33.5 Å². The van der Waals surface area contributed by atoms with E-state index in [1.54, 1.807) is 0 Å². The molecule has 0 bridgehead atoms. The molecule has 0 unspecified atom stereocenters. The largest absolute Gasteiger partial charge is 0.480 e. The summed E-state index contributed by atoms with van der Waals surface area (Å²) < 4.78 is 26.1. The number of carboxylic acids is 1. The zero-order valence-corrected chi connectivity index (χ0v) is 10.4. The summed E-state index contributed by atoms with van der Waals surface area (Å²) in [4.78, 5) is 14.1. The van der Waals surface area contributed by atoms with E-state index in [4.69, 9.17) is 16.7 Å². The first kappa shape index (κ1) is 13.7. The lowest BCUT2D eigenvalue weighted by Crippen LogP contribution is -2.36. The van der Waals surface area contributed by atoms with Crippen LogP contribution < -0.4 is 4.72 Å². The van der Waals surface area contributed by atoms with Crippen molar-refractivity contribution in [3.05, 3.63) is 23.5 Å². The van der Waals surface area contributed by atoms with Gasteiger partial charge in [0.25, 0.3) is 0 Å². The minimum atomic E-state index is -3.95. The first-order valence-electron chi connectivity index (χ1n) is 4.39. The Morgan fingerprint density at radius 1 is 1.65 bits per heavy atom. The Balaban J connectivity index is 2.87. The third-order valence-corrected chi connectivity index (χ3v) is 3.50. The number of hydrogen-bond donors (Lipinski definition) is 2. The molecule has 9 heteroatoms. The van der Waals surface area contributed by atoms with Crippen LogP contribution in [0.2, 0.25) is 5.15 Å². The standard InChI is InChI=1S/C8H10ClN3O4S/c1-12(5-7(13)14)17(15,16)11-6-3-2-4-10-8(6)9/h2-4,11H,5H2,1H3,(H,13,14). The molecule has 0 saturated heterocycles. The van der Waals surface area contributed by atoms with E-state index in [1.165, 1.54) is 18.3 Å². The van der Waals surface area contributed by atoms with E-state index in [-0.39, 0.29) is 10.8 Å². The van der Waals surface area contributed by atoms with E-state index in [9.17, 15) is 13.2 Å². The van der Waals surface area contributed by atoms with Gasteiger partial charge in [0.15, 0.2) is 5.15 Å². The number of anilines is 1. The van der Waals surface area contributed by atoms with Crippen LogP contribution in [0.4, 0.5) is 5.69 Å². The quantitative estimate of drug-likeness (QED) is 0.761. The van der Waals surface area contributed by atoms with Crippen LogP contribution in [0.25, 0.3) is 0 Å². The Morgan fingerprint density at radius 2 is 2.29 bits per heavy atom. The molecule has 0 radical (unpaired) electrons. The number of likely N-dealkylation sites (N-methyl/N-ethyl adjacent to an activating group) is 1. The molecular weight excluding hydrogens is 270 g/mol. The number of rotatable bonds is 5. The third-order valence-electron chi connectivity index (χ3n) is 1.77. The molecule has 0 amide bonds. The lowest BCUT2D eigenvalue weighted by molar-refractivity contribution is -0.137. The van der Waals surface area contributed by atoms with Gasteiger partial charge < -0.3 is 5.11 Å². The predicted octanol–water partition coefficient (Wildman–Crippen LogP) is 0.408. The molecule has 0 atom stereocenters. The smallest absolute Gasteiger partial charge is 0.318 e. The van der Waals surface area contributed by atoms with Crippen LogP contribution >= 0.6 is 11.6 Å². The van der Waals surface area contributed by atoms with Gasteiger partial charge in [0.05, 0.1) is 5.69 Å². The summed E-state index contributed by atoms with van der Waals surface area (Å²) in [6.45, 7) is -0.646. The molecule has 17 heavy (non-hydrogen) atoms. The van der Waals surface area contributed by atoms with Gasteiger partial charge in [-0.2, -0.15) is 12.7 Å². The zero-order valence-electron chi connectivity index (χ0n) is 8.79. The highest BCUT2D eigenvalue weighted by molar-refractivity contribution is 7.90. The van der Waals surface area contributed by atoms with Gasteiger partial charge in [0.1, 0.15) is 6.54 Å². The Bertz CT molecular complexity index is 519. The molecule has 7 nitrogen and oxygen atoms in total. The molecule has 0 aromatic carbocycles. The van der Waals surface area contributed by atoms with E-state index in [2.05, 4.69) is 9.71 Å². The average molecular weight is 280 g/mol. The van der Waals surface area contributed by atoms with E-state index >= 15 is 0 Å². The highest BCUT2D eigenvalue weighted by Gasteiger charge is 2.21. The highest BCUT2D eigenvalue weighted by atomic mass is 35.5. The fourth-order valence-corrected chi connectivity index (χ4v) is 2.06. The second-order valence-electron chi connectivity index (χ2n) is 3.10. The van der Waals surface area contributed by atoms with Gasteiger partial charge in [-0.25, -0.2) is 4.98 Å². The van der Waals surface area contributed by atoms with Crippen LogP contribution in [0.15, 0.2) is 18.3 Å². The summed E-state index contributed by atoms with van der Waals surface area (Å²) in [5.74, 6) is -1.25. The SMILES string of the molecule is CN(CC(=O)O)S(=O)(=O)Nc1cccnc1Cl. The molecule has 1 aromatic heterocycles. The zero-order chi connectivity index (χ0) is 13.1. The average Bonchev–Trinajstić information content (AvgIpc) is 2.20. The molecular formula is C8H10ClN3O4S. The third kappa shape index (κ3) is 3.84. The number of pyridine rings is 1. The van der Waals surface area contributed by atoms with Crippen molar-refractivity contribution in [3.63, 3.8) is 0 Å². The van der Waals surface area contributed by atoms with Crippen LogP contribution in [0, 0.1) is 0 Å². The molecule has 94 valence electrons. The van der Waals surface area contributed by atoms with Gasteiger partial charge in [-0.05, 0) is 12.1 Å². The van der Waals surface area contributed by atoms with Crippen molar-refractivity contribution in [1.29, 1.82) is 0 Å². The van der Waals surface area contributed by atoms with Crippen LogP contribution in [0.5, 0.6) is 0 Å². The summed E-state index contributed by atoms with van der Waals surface area (Å²) in [5.41, 5.74) is 0.0893. The summed E-state index contributed by atoms with van der Waals surface area (Å²) in [5, 5.41) is 8.48. The molecule has 0 spiro atoms. The Hall–Kier alpha value is -1.38. The second kappa shape index (κ2) is 5.30. The minimum Gasteiger partial charge on any atom is -0.480 e. The Labute approximate surface area is 103 Å². The van der Waals surface area contributed by atoms with Gasteiger partial charge in [0, 0.05) is 13.2 Å². The van der Waals surface area contributed by atoms with E-state index in [0.29, 0.717) is 4.31 Å². The first-order chi connectivity index (χ1) is 7.83. The first-order valence-corrected chi connectivity index (χ1v) is 6.21. The number of hydrogen-bond acceptors (Lipinski definition) is 4. The number of aliphatic carboxylic acids is 1. The lowest BCUT2D eigenvalue weighted by Gasteiger charge is -2.16. The molecule has 2 N–H and O–H groups in total. The van der Waals surface area contributed by atoms with E-state index in [1.807, 2.05) is 0 Å². The van der Waals surface area contributed by atoms with Crippen LogP contribution in [-0.2, 0) is 15.0 Å². The van der Waals surface area contributed by atoms with Gasteiger partial charge >= 0.3 is 16.2 Å². The van der Waals surface area contributed by atoms with Gasteiger partial charge in [-0.1, -0.05) is 11.6 Å². The number of carboxylic acid groups (broad SMARTS) is 1. The molecule has 1 aromatic rings. The fourth-order valence-electron chi connectivity index (χ4n) is 0.955. The van der Waals surface area contributed by atoms with Crippen molar-refractivity contribution in [3.8, 4) is 0 Å². The van der Waals surface area contributed by atoms with Crippen LogP contribution in [0.1, 0.15) is 0 Å². The monoisotopic (exact) mass is 279 g/mol. The number of nitrogens with one attached hydrogen (secondary N) is 1. The maximum atomic E-state index is 11.7. The Morgan fingerprint density at radius 3 is 2.82 bits per heavy atom. The summed E-state index contributed by atoms with van der Waals surface area (Å²) >= 11 is 5.67. The van der Waals surface area contributed by atoms with Crippen LogP contribution in [-0.4, -0.2) is 42.4 Å². The molecule has 0 fully saturated rings. The molecule has 0 aliphatic rings. The topological polar surface area (TPSA) is 99.6 Å². The molecule has 0 aliphatic carbocycles. The van der Waals surface area contributed by atoms with E-state index in [0.717, 1.165) is 7.05 Å². The highest BCUT2D eigenvalue weighted by Crippen LogP contribution is 2.19. The molecule has 0 saturated carbocycles. The van der Waals surface area contributed by atoms with Crippen molar-refractivity contribution in [2.24, 2.45) is 0 Å². The maximum absolute atomic E-state index is 11.7. The number of halogens is 1. The normalized spacial score (nSPS) is 11.5. The lowest BCUT2D eigenvalue weighted by atomic mass is 10.4. The van der Waals surface area contributed by atoms with E-state index < -0.39 is 22.7 Å². The maximum Gasteiger partial charge on any atom is 0.318 e. The fraction of sp³-hybridized carbons (Fsp3) is 0.250.